The number of hydrogen-bond donors (Lipinski definition) is 4. The van der Waals surface area contributed by atoms with Gasteiger partial charge in [-0.3, -0.25) is 14.7 Å². The van der Waals surface area contributed by atoms with Crippen molar-refractivity contribution >= 4 is 45.7 Å². The molecule has 1 saturated heterocycles. The van der Waals surface area contributed by atoms with Crippen LogP contribution in [0.4, 0.5) is 5.95 Å². The lowest BCUT2D eigenvalue weighted by Crippen LogP contribution is -2.33. The maximum absolute atomic E-state index is 12.7. The second-order valence-electron chi connectivity index (χ2n) is 8.74. The van der Waals surface area contributed by atoms with Crippen molar-refractivity contribution < 1.29 is 29.6 Å². The molecule has 4 N–H and O–H groups in total. The third-order valence-electron chi connectivity index (χ3n) is 6.18. The first-order valence-electron chi connectivity index (χ1n) is 12.0. The van der Waals surface area contributed by atoms with E-state index >= 15 is 0 Å². The number of aliphatic hydroxyl groups excluding tert-OH is 3. The SMILES string of the molecule is O=C(COc1ccccc1)Nc1nc(-c2ccc(-c3cccs3)s2)c2ncn([C@@H]3O[C@H](CO)[C@@H](O)[C@H]3O)c2n1. The average Bonchev–Trinajstić information content (AvgIpc) is 3.76. The van der Waals surface area contributed by atoms with Gasteiger partial charge in [-0.05, 0) is 35.7 Å². The van der Waals surface area contributed by atoms with Crippen molar-refractivity contribution in [2.45, 2.75) is 24.5 Å². The summed E-state index contributed by atoms with van der Waals surface area (Å²) in [6.07, 6.45) is -3.22. The van der Waals surface area contributed by atoms with E-state index in [1.165, 1.54) is 22.2 Å². The van der Waals surface area contributed by atoms with Crippen molar-refractivity contribution in [3.05, 3.63) is 66.3 Å². The summed E-state index contributed by atoms with van der Waals surface area (Å²) in [5, 5.41) is 35.1. The van der Waals surface area contributed by atoms with Crippen LogP contribution in [-0.4, -0.2) is 72.3 Å². The van der Waals surface area contributed by atoms with Gasteiger partial charge in [0.25, 0.3) is 5.91 Å². The van der Waals surface area contributed by atoms with Gasteiger partial charge in [-0.2, -0.15) is 4.98 Å². The van der Waals surface area contributed by atoms with E-state index in [1.807, 2.05) is 35.7 Å². The Morgan fingerprint density at radius 1 is 1.03 bits per heavy atom. The smallest absolute Gasteiger partial charge is 0.264 e. The molecule has 4 aromatic heterocycles. The number of imidazole rings is 1. The van der Waals surface area contributed by atoms with Gasteiger partial charge in [0.1, 0.15) is 35.3 Å². The number of anilines is 1. The quantitative estimate of drug-likeness (QED) is 0.223. The Hall–Kier alpha value is -3.72. The standard InChI is InChI=1S/C26H23N5O6S2/c32-11-15-22(34)23(35)25(37-15)31-13-27-21-20(18-9-8-17(39-18)16-7-4-10-38-16)29-26(30-24(21)31)28-19(33)12-36-14-5-2-1-3-6-14/h1-10,13,15,22-23,25,32,34-35H,11-12H2,(H,28,29,30,33)/t15-,22-,23-,25-/m1/s1. The number of para-hydroxylation sites is 1. The summed E-state index contributed by atoms with van der Waals surface area (Å²) in [5.74, 6) is 0.0964. The number of nitrogens with zero attached hydrogens (tertiary/aromatic N) is 4. The van der Waals surface area contributed by atoms with Crippen LogP contribution in [0, 0.1) is 0 Å². The molecule has 1 amide bonds. The van der Waals surface area contributed by atoms with Crippen molar-refractivity contribution in [3.8, 4) is 26.1 Å². The zero-order valence-corrected chi connectivity index (χ0v) is 21.9. The number of aromatic nitrogens is 4. The van der Waals surface area contributed by atoms with Crippen molar-refractivity contribution in [3.63, 3.8) is 0 Å². The molecule has 200 valence electrons. The number of ether oxygens (including phenoxy) is 2. The molecule has 39 heavy (non-hydrogen) atoms. The van der Waals surface area contributed by atoms with E-state index < -0.39 is 37.1 Å². The molecule has 11 nitrogen and oxygen atoms in total. The minimum atomic E-state index is -1.33. The first kappa shape index (κ1) is 25.6. The molecule has 0 bridgehead atoms. The fourth-order valence-corrected chi connectivity index (χ4v) is 6.11. The summed E-state index contributed by atoms with van der Waals surface area (Å²) in [5.41, 5.74) is 1.18. The van der Waals surface area contributed by atoms with Crippen molar-refractivity contribution in [2.75, 3.05) is 18.5 Å². The van der Waals surface area contributed by atoms with E-state index in [0.29, 0.717) is 17.0 Å². The monoisotopic (exact) mass is 565 g/mol. The topological polar surface area (TPSA) is 152 Å². The molecule has 1 aliphatic rings. The molecular formula is C26H23N5O6S2. The van der Waals surface area contributed by atoms with Gasteiger partial charge in [-0.15, -0.1) is 22.7 Å². The maximum atomic E-state index is 12.7. The highest BCUT2D eigenvalue weighted by Crippen LogP contribution is 2.39. The minimum Gasteiger partial charge on any atom is -0.484 e. The largest absolute Gasteiger partial charge is 0.484 e. The molecule has 5 aromatic rings. The van der Waals surface area contributed by atoms with E-state index in [-0.39, 0.29) is 18.2 Å². The Kier molecular flexibility index (Phi) is 7.08. The fraction of sp³-hybridized carbons (Fsp3) is 0.231. The summed E-state index contributed by atoms with van der Waals surface area (Å²) in [6.45, 7) is -0.721. The van der Waals surface area contributed by atoms with E-state index in [2.05, 4.69) is 20.3 Å². The van der Waals surface area contributed by atoms with Crippen LogP contribution in [0.15, 0.2) is 66.3 Å². The molecule has 5 heterocycles. The highest BCUT2D eigenvalue weighted by atomic mass is 32.1. The first-order valence-corrected chi connectivity index (χ1v) is 13.7. The van der Waals surface area contributed by atoms with Crippen LogP contribution in [-0.2, 0) is 9.53 Å². The zero-order chi connectivity index (χ0) is 26.9. The number of hydrogen-bond acceptors (Lipinski definition) is 11. The van der Waals surface area contributed by atoms with Gasteiger partial charge in [0.05, 0.1) is 17.8 Å². The lowest BCUT2D eigenvalue weighted by Gasteiger charge is -2.17. The van der Waals surface area contributed by atoms with Gasteiger partial charge in [0, 0.05) is 9.75 Å². The molecule has 0 radical (unpaired) electrons. The summed E-state index contributed by atoms with van der Waals surface area (Å²) < 4.78 is 12.7. The molecule has 1 aliphatic heterocycles. The Bertz CT molecular complexity index is 1590. The first-order chi connectivity index (χ1) is 19.0. The average molecular weight is 566 g/mol. The van der Waals surface area contributed by atoms with Crippen LogP contribution in [0.1, 0.15) is 6.23 Å². The molecule has 13 heteroatoms. The molecular weight excluding hydrogens is 542 g/mol. The number of thiophene rings is 2. The van der Waals surface area contributed by atoms with Crippen LogP contribution >= 0.6 is 22.7 Å². The highest BCUT2D eigenvalue weighted by Gasteiger charge is 2.44. The van der Waals surface area contributed by atoms with Gasteiger partial charge < -0.3 is 24.8 Å². The molecule has 6 rings (SSSR count). The summed E-state index contributed by atoms with van der Waals surface area (Å²) in [6, 6.07) is 16.9. The Morgan fingerprint density at radius 2 is 1.85 bits per heavy atom. The molecule has 0 spiro atoms. The molecule has 0 unspecified atom stereocenters. The van der Waals surface area contributed by atoms with Gasteiger partial charge in [-0.25, -0.2) is 9.97 Å². The van der Waals surface area contributed by atoms with Crippen LogP contribution in [0.25, 0.3) is 31.5 Å². The van der Waals surface area contributed by atoms with Gasteiger partial charge >= 0.3 is 0 Å². The Balaban J connectivity index is 1.37. The van der Waals surface area contributed by atoms with Gasteiger partial charge in [0.2, 0.25) is 5.95 Å². The number of benzene rings is 1. The number of carbonyl (C=O) groups is 1. The van der Waals surface area contributed by atoms with Crippen molar-refractivity contribution in [2.24, 2.45) is 0 Å². The van der Waals surface area contributed by atoms with Gasteiger partial charge in [0.15, 0.2) is 18.5 Å². The number of amides is 1. The second kappa shape index (κ2) is 10.8. The van der Waals surface area contributed by atoms with E-state index in [0.717, 1.165) is 14.6 Å². The molecule has 1 aromatic carbocycles. The maximum Gasteiger partial charge on any atom is 0.264 e. The molecule has 0 saturated carbocycles. The summed E-state index contributed by atoms with van der Waals surface area (Å²) in [7, 11) is 0. The number of aliphatic hydroxyl groups is 3. The predicted octanol–water partition coefficient (Wildman–Crippen LogP) is 2.91. The molecule has 1 fully saturated rings. The Labute approximate surface area is 230 Å². The van der Waals surface area contributed by atoms with E-state index in [1.54, 1.807) is 35.6 Å². The zero-order valence-electron chi connectivity index (χ0n) is 20.2. The van der Waals surface area contributed by atoms with Gasteiger partial charge in [-0.1, -0.05) is 24.3 Å². The van der Waals surface area contributed by atoms with Crippen LogP contribution < -0.4 is 10.1 Å². The van der Waals surface area contributed by atoms with Crippen LogP contribution in [0.2, 0.25) is 0 Å². The number of rotatable bonds is 8. The normalized spacial score (nSPS) is 20.9. The van der Waals surface area contributed by atoms with E-state index in [4.69, 9.17) is 9.47 Å². The number of carbonyl (C=O) groups excluding carboxylic acids is 1. The lowest BCUT2D eigenvalue weighted by atomic mass is 10.1. The fourth-order valence-electron chi connectivity index (χ4n) is 4.28. The predicted molar refractivity (Wildman–Crippen MR) is 146 cm³/mol. The van der Waals surface area contributed by atoms with Crippen LogP contribution in [0.5, 0.6) is 5.75 Å². The van der Waals surface area contributed by atoms with Crippen molar-refractivity contribution in [1.29, 1.82) is 0 Å². The molecule has 4 atom stereocenters. The van der Waals surface area contributed by atoms with Crippen molar-refractivity contribution in [1.82, 2.24) is 19.5 Å². The third-order valence-corrected chi connectivity index (χ3v) is 8.34. The molecule has 0 aliphatic carbocycles. The number of nitrogens with one attached hydrogen (secondary N) is 1. The Morgan fingerprint density at radius 3 is 2.59 bits per heavy atom. The van der Waals surface area contributed by atoms with Crippen LogP contribution in [0.3, 0.4) is 0 Å². The highest BCUT2D eigenvalue weighted by molar-refractivity contribution is 7.23. The summed E-state index contributed by atoms with van der Waals surface area (Å²) >= 11 is 3.15. The second-order valence-corrected chi connectivity index (χ2v) is 10.8. The van der Waals surface area contributed by atoms with E-state index in [9.17, 15) is 20.1 Å². The summed E-state index contributed by atoms with van der Waals surface area (Å²) in [4.78, 5) is 29.3. The lowest BCUT2D eigenvalue weighted by molar-refractivity contribution is -0.118. The third kappa shape index (κ3) is 5.03. The number of fused-ring (bicyclic) bond motifs is 1. The minimum absolute atomic E-state index is 0.0127.